The summed E-state index contributed by atoms with van der Waals surface area (Å²) >= 11 is 0. The number of aromatic nitrogens is 4. The first kappa shape index (κ1) is 29.8. The maximum absolute atomic E-state index is 5.15. The van der Waals surface area contributed by atoms with Crippen LogP contribution in [0.5, 0.6) is 0 Å². The highest BCUT2D eigenvalue weighted by Gasteiger charge is 2.19. The first-order valence-electron chi connectivity index (χ1n) is 17.4. The fourth-order valence-electron chi connectivity index (χ4n) is 7.45. The van der Waals surface area contributed by atoms with Crippen LogP contribution in [0.4, 0.5) is 17.1 Å². The van der Waals surface area contributed by atoms with Gasteiger partial charge < -0.3 is 9.47 Å². The maximum atomic E-state index is 5.15. The van der Waals surface area contributed by atoms with Crippen molar-refractivity contribution in [2.45, 2.75) is 0 Å². The van der Waals surface area contributed by atoms with Crippen LogP contribution >= 0.6 is 0 Å². The molecule has 3 aromatic heterocycles. The van der Waals surface area contributed by atoms with Crippen LogP contribution in [0.15, 0.2) is 188 Å². The first-order chi connectivity index (χ1) is 25.8. The number of para-hydroxylation sites is 4. The lowest BCUT2D eigenvalue weighted by Gasteiger charge is -2.27. The molecule has 0 spiro atoms. The van der Waals surface area contributed by atoms with E-state index in [1.807, 2.05) is 54.9 Å². The zero-order valence-electron chi connectivity index (χ0n) is 28.1. The van der Waals surface area contributed by atoms with Gasteiger partial charge in [0, 0.05) is 62.1 Å². The standard InChI is InChI=1S/C47H31N5/c1-2-11-32(12-3-1)46-47(50-42-17-7-6-16-41(42)49-46)33-21-23-35(24-22-33)51(43-20-10-13-34-31-48-30-29-38(34)43)36-25-27-37(28-26-36)52-44-18-8-4-14-39(44)40-15-5-9-19-45(40)52/h1-31H. The minimum atomic E-state index is 0.856. The summed E-state index contributed by atoms with van der Waals surface area (Å²) < 4.78 is 2.35. The second-order valence-corrected chi connectivity index (χ2v) is 12.9. The molecule has 7 aromatic carbocycles. The van der Waals surface area contributed by atoms with Crippen molar-refractivity contribution in [3.05, 3.63) is 188 Å². The summed E-state index contributed by atoms with van der Waals surface area (Å²) in [5.74, 6) is 0. The normalized spacial score (nSPS) is 11.5. The average molecular weight is 666 g/mol. The van der Waals surface area contributed by atoms with Gasteiger partial charge in [0.15, 0.2) is 0 Å². The summed E-state index contributed by atoms with van der Waals surface area (Å²) in [6.45, 7) is 0. The minimum absolute atomic E-state index is 0.856. The number of nitrogens with zero attached hydrogens (tertiary/aromatic N) is 5. The molecule has 3 heterocycles. The van der Waals surface area contributed by atoms with E-state index in [9.17, 15) is 0 Å². The van der Waals surface area contributed by atoms with Gasteiger partial charge in [-0.25, -0.2) is 9.97 Å². The largest absolute Gasteiger partial charge is 0.310 e. The molecule has 0 N–H and O–H groups in total. The quantitative estimate of drug-likeness (QED) is 0.177. The molecule has 0 saturated carbocycles. The number of anilines is 3. The third kappa shape index (κ3) is 4.98. The summed E-state index contributed by atoms with van der Waals surface area (Å²) in [5, 5.41) is 4.71. The fraction of sp³-hybridized carbons (Fsp3) is 0. The van der Waals surface area contributed by atoms with Crippen molar-refractivity contribution in [2.75, 3.05) is 4.90 Å². The van der Waals surface area contributed by atoms with E-state index in [2.05, 4.69) is 148 Å². The van der Waals surface area contributed by atoms with Gasteiger partial charge in [-0.2, -0.15) is 0 Å². The summed E-state index contributed by atoms with van der Waals surface area (Å²) in [5.41, 5.74) is 12.2. The van der Waals surface area contributed by atoms with Crippen LogP contribution in [0, 0.1) is 0 Å². The Morgan fingerprint density at radius 3 is 1.63 bits per heavy atom. The molecule has 0 unspecified atom stereocenters. The third-order valence-electron chi connectivity index (χ3n) is 9.86. The molecule has 0 atom stereocenters. The summed E-state index contributed by atoms with van der Waals surface area (Å²) in [6, 6.07) is 61.7. The minimum Gasteiger partial charge on any atom is -0.310 e. The van der Waals surface area contributed by atoms with Gasteiger partial charge in [-0.3, -0.25) is 4.98 Å². The predicted molar refractivity (Wildman–Crippen MR) is 215 cm³/mol. The SMILES string of the molecule is c1ccc(-c2nc3ccccc3nc2-c2ccc(N(c3ccc(-n4c5ccccc5c5ccccc54)cc3)c3cccc4cnccc34)cc2)cc1. The molecule has 5 heteroatoms. The van der Waals surface area contributed by atoms with Crippen LogP contribution in [0.1, 0.15) is 0 Å². The molecule has 244 valence electrons. The highest BCUT2D eigenvalue weighted by atomic mass is 15.1. The number of benzene rings is 7. The van der Waals surface area contributed by atoms with Crippen LogP contribution in [0.25, 0.3) is 71.8 Å². The number of hydrogen-bond donors (Lipinski definition) is 0. The van der Waals surface area contributed by atoms with E-state index in [-0.39, 0.29) is 0 Å². The molecule has 0 bridgehead atoms. The van der Waals surface area contributed by atoms with Crippen LogP contribution in [-0.4, -0.2) is 19.5 Å². The van der Waals surface area contributed by atoms with E-state index in [4.69, 9.17) is 9.97 Å². The van der Waals surface area contributed by atoms with E-state index < -0.39 is 0 Å². The molecule has 0 saturated heterocycles. The summed E-state index contributed by atoms with van der Waals surface area (Å²) in [6.07, 6.45) is 3.79. The predicted octanol–water partition coefficient (Wildman–Crippen LogP) is 12.1. The van der Waals surface area contributed by atoms with Crippen molar-refractivity contribution < 1.29 is 0 Å². The Morgan fingerprint density at radius 1 is 0.423 bits per heavy atom. The molecule has 10 aromatic rings. The highest BCUT2D eigenvalue weighted by Crippen LogP contribution is 2.41. The van der Waals surface area contributed by atoms with Gasteiger partial charge in [0.05, 0.1) is 39.1 Å². The van der Waals surface area contributed by atoms with Crippen molar-refractivity contribution >= 4 is 60.7 Å². The van der Waals surface area contributed by atoms with Crippen molar-refractivity contribution in [1.29, 1.82) is 0 Å². The van der Waals surface area contributed by atoms with Crippen LogP contribution in [0.2, 0.25) is 0 Å². The van der Waals surface area contributed by atoms with Gasteiger partial charge in [0.2, 0.25) is 0 Å². The van der Waals surface area contributed by atoms with Crippen molar-refractivity contribution in [3.63, 3.8) is 0 Å². The highest BCUT2D eigenvalue weighted by molar-refractivity contribution is 6.09. The lowest BCUT2D eigenvalue weighted by Crippen LogP contribution is -2.10. The lowest BCUT2D eigenvalue weighted by atomic mass is 10.0. The van der Waals surface area contributed by atoms with E-state index >= 15 is 0 Å². The Hall–Kier alpha value is -7.11. The molecule has 0 fully saturated rings. The molecule has 0 radical (unpaired) electrons. The molecule has 0 aliphatic heterocycles. The Kier molecular flexibility index (Phi) is 7.07. The van der Waals surface area contributed by atoms with Gasteiger partial charge in [0.25, 0.3) is 0 Å². The Labute approximate surface area is 300 Å². The molecule has 0 amide bonds. The Morgan fingerprint density at radius 2 is 0.981 bits per heavy atom. The zero-order chi connectivity index (χ0) is 34.4. The van der Waals surface area contributed by atoms with Gasteiger partial charge in [-0.15, -0.1) is 0 Å². The van der Waals surface area contributed by atoms with Crippen molar-refractivity contribution in [2.24, 2.45) is 0 Å². The molecule has 10 rings (SSSR count). The maximum Gasteiger partial charge on any atom is 0.0973 e. The lowest BCUT2D eigenvalue weighted by molar-refractivity contribution is 1.17. The third-order valence-corrected chi connectivity index (χ3v) is 9.86. The number of fused-ring (bicyclic) bond motifs is 5. The van der Waals surface area contributed by atoms with Crippen molar-refractivity contribution in [3.8, 4) is 28.2 Å². The molecular weight excluding hydrogens is 635 g/mol. The molecule has 52 heavy (non-hydrogen) atoms. The van der Waals surface area contributed by atoms with Gasteiger partial charge >= 0.3 is 0 Å². The average Bonchev–Trinajstić information content (AvgIpc) is 3.56. The monoisotopic (exact) mass is 665 g/mol. The smallest absolute Gasteiger partial charge is 0.0973 e. The summed E-state index contributed by atoms with van der Waals surface area (Å²) in [4.78, 5) is 17.0. The number of pyridine rings is 1. The van der Waals surface area contributed by atoms with Gasteiger partial charge in [0.1, 0.15) is 0 Å². The second kappa shape index (κ2) is 12.3. The molecule has 5 nitrogen and oxygen atoms in total. The number of rotatable bonds is 6. The van der Waals surface area contributed by atoms with Crippen LogP contribution in [-0.2, 0) is 0 Å². The molecule has 0 aliphatic carbocycles. The Bertz CT molecular complexity index is 2840. The van der Waals surface area contributed by atoms with E-state index in [0.717, 1.165) is 67.1 Å². The fourth-order valence-corrected chi connectivity index (χ4v) is 7.45. The topological polar surface area (TPSA) is 46.8 Å². The number of hydrogen-bond acceptors (Lipinski definition) is 4. The van der Waals surface area contributed by atoms with Crippen LogP contribution < -0.4 is 4.90 Å². The summed E-state index contributed by atoms with van der Waals surface area (Å²) in [7, 11) is 0. The molecular formula is C47H31N5. The molecule has 0 aliphatic rings. The first-order valence-corrected chi connectivity index (χ1v) is 17.4. The zero-order valence-corrected chi connectivity index (χ0v) is 28.1. The Balaban J connectivity index is 1.11. The van der Waals surface area contributed by atoms with Gasteiger partial charge in [-0.1, -0.05) is 103 Å². The van der Waals surface area contributed by atoms with Crippen molar-refractivity contribution in [1.82, 2.24) is 19.5 Å². The van der Waals surface area contributed by atoms with E-state index in [1.54, 1.807) is 0 Å². The van der Waals surface area contributed by atoms with E-state index in [0.29, 0.717) is 0 Å². The second-order valence-electron chi connectivity index (χ2n) is 12.9. The van der Waals surface area contributed by atoms with E-state index in [1.165, 1.54) is 21.8 Å². The van der Waals surface area contributed by atoms with Gasteiger partial charge in [-0.05, 0) is 72.8 Å². The van der Waals surface area contributed by atoms with Crippen LogP contribution in [0.3, 0.4) is 0 Å².